The quantitative estimate of drug-likeness (QED) is 0.758. The molecule has 2 heterocycles. The van der Waals surface area contributed by atoms with E-state index in [1.165, 1.54) is 32.4 Å². The second-order valence-electron chi connectivity index (χ2n) is 5.03. The zero-order valence-corrected chi connectivity index (χ0v) is 10.0. The van der Waals surface area contributed by atoms with E-state index in [0.29, 0.717) is 12.0 Å². The lowest BCUT2D eigenvalue weighted by molar-refractivity contribution is 0.121. The van der Waals surface area contributed by atoms with Crippen molar-refractivity contribution in [3.05, 3.63) is 0 Å². The van der Waals surface area contributed by atoms with Gasteiger partial charge >= 0.3 is 0 Å². The minimum Gasteiger partial charge on any atom is -0.379 e. The number of hydrogen-bond acceptors (Lipinski definition) is 3. The Bertz CT molecular complexity index is 198. The number of likely N-dealkylation sites (tertiary alicyclic amines) is 1. The highest BCUT2D eigenvalue weighted by atomic mass is 16.5. The van der Waals surface area contributed by atoms with E-state index < -0.39 is 0 Å². The van der Waals surface area contributed by atoms with Crippen LogP contribution >= 0.6 is 0 Å². The van der Waals surface area contributed by atoms with Crippen molar-refractivity contribution in [1.82, 2.24) is 10.2 Å². The minimum absolute atomic E-state index is 0.569. The van der Waals surface area contributed by atoms with Gasteiger partial charge in [0.1, 0.15) is 0 Å². The van der Waals surface area contributed by atoms with Crippen molar-refractivity contribution in [2.24, 2.45) is 5.92 Å². The summed E-state index contributed by atoms with van der Waals surface area (Å²) >= 11 is 0. The third kappa shape index (κ3) is 2.71. The number of piperidine rings is 1. The van der Waals surface area contributed by atoms with Gasteiger partial charge in [-0.2, -0.15) is 0 Å². The Kier molecular flexibility index (Phi) is 4.00. The molecule has 88 valence electrons. The molecule has 0 aromatic carbocycles. The Labute approximate surface area is 93.2 Å². The molecule has 0 bridgehead atoms. The molecule has 2 saturated heterocycles. The number of nitrogens with zero attached hydrogens (tertiary/aromatic N) is 1. The molecule has 15 heavy (non-hydrogen) atoms. The second kappa shape index (κ2) is 5.28. The van der Waals surface area contributed by atoms with Crippen LogP contribution in [0.25, 0.3) is 0 Å². The second-order valence-corrected chi connectivity index (χ2v) is 5.03. The molecule has 3 atom stereocenters. The predicted molar refractivity (Wildman–Crippen MR) is 62.0 cm³/mol. The van der Waals surface area contributed by atoms with Gasteiger partial charge in [0.05, 0.1) is 13.2 Å². The fourth-order valence-corrected chi connectivity index (χ4v) is 2.83. The van der Waals surface area contributed by atoms with Crippen LogP contribution in [0.1, 0.15) is 26.2 Å². The van der Waals surface area contributed by atoms with Gasteiger partial charge in [0, 0.05) is 24.5 Å². The van der Waals surface area contributed by atoms with E-state index in [-0.39, 0.29) is 0 Å². The first-order valence-electron chi connectivity index (χ1n) is 6.30. The van der Waals surface area contributed by atoms with E-state index in [2.05, 4.69) is 17.1 Å². The monoisotopic (exact) mass is 212 g/mol. The fourth-order valence-electron chi connectivity index (χ4n) is 2.83. The Morgan fingerprint density at radius 1 is 1.33 bits per heavy atom. The average molecular weight is 212 g/mol. The fraction of sp³-hybridized carbons (Fsp3) is 1.00. The summed E-state index contributed by atoms with van der Waals surface area (Å²) in [6, 6.07) is 1.34. The first-order valence-corrected chi connectivity index (χ1v) is 6.30. The van der Waals surface area contributed by atoms with Crippen LogP contribution in [0.15, 0.2) is 0 Å². The SMILES string of the molecule is CNC1COCC1CN1CCCCC1C. The summed E-state index contributed by atoms with van der Waals surface area (Å²) in [5.41, 5.74) is 0. The van der Waals surface area contributed by atoms with Crippen LogP contribution in [0.2, 0.25) is 0 Å². The number of hydrogen-bond donors (Lipinski definition) is 1. The van der Waals surface area contributed by atoms with Gasteiger partial charge < -0.3 is 15.0 Å². The molecular weight excluding hydrogens is 188 g/mol. The van der Waals surface area contributed by atoms with E-state index >= 15 is 0 Å². The van der Waals surface area contributed by atoms with Gasteiger partial charge in [0.2, 0.25) is 0 Å². The van der Waals surface area contributed by atoms with Crippen LogP contribution in [-0.4, -0.2) is 50.3 Å². The van der Waals surface area contributed by atoms with Crippen molar-refractivity contribution >= 4 is 0 Å². The Hall–Kier alpha value is -0.120. The number of ether oxygens (including phenoxy) is 1. The van der Waals surface area contributed by atoms with Gasteiger partial charge in [-0.05, 0) is 33.4 Å². The van der Waals surface area contributed by atoms with Crippen LogP contribution in [0.3, 0.4) is 0 Å². The third-order valence-corrected chi connectivity index (χ3v) is 3.98. The molecule has 0 spiro atoms. The molecule has 3 nitrogen and oxygen atoms in total. The molecule has 2 fully saturated rings. The lowest BCUT2D eigenvalue weighted by Crippen LogP contribution is -2.45. The van der Waals surface area contributed by atoms with Crippen molar-refractivity contribution in [1.29, 1.82) is 0 Å². The normalized spacial score (nSPS) is 38.4. The van der Waals surface area contributed by atoms with E-state index in [9.17, 15) is 0 Å². The van der Waals surface area contributed by atoms with E-state index in [4.69, 9.17) is 4.74 Å². The minimum atomic E-state index is 0.569. The van der Waals surface area contributed by atoms with E-state index in [0.717, 1.165) is 19.3 Å². The van der Waals surface area contributed by atoms with Gasteiger partial charge in [-0.25, -0.2) is 0 Å². The summed E-state index contributed by atoms with van der Waals surface area (Å²) < 4.78 is 5.55. The zero-order valence-electron chi connectivity index (χ0n) is 10.0. The van der Waals surface area contributed by atoms with E-state index in [1.54, 1.807) is 0 Å². The predicted octanol–water partition coefficient (Wildman–Crippen LogP) is 1.10. The Morgan fingerprint density at radius 2 is 2.20 bits per heavy atom. The summed E-state index contributed by atoms with van der Waals surface area (Å²) in [7, 11) is 2.05. The van der Waals surface area contributed by atoms with Crippen molar-refractivity contribution in [3.8, 4) is 0 Å². The Balaban J connectivity index is 1.84. The number of nitrogens with one attached hydrogen (secondary N) is 1. The molecule has 0 aliphatic carbocycles. The summed E-state index contributed by atoms with van der Waals surface area (Å²) in [5.74, 6) is 0.690. The molecule has 0 saturated carbocycles. The van der Waals surface area contributed by atoms with Gasteiger partial charge in [-0.3, -0.25) is 0 Å². The zero-order chi connectivity index (χ0) is 10.7. The molecule has 0 aromatic rings. The molecule has 2 rings (SSSR count). The molecule has 0 radical (unpaired) electrons. The topological polar surface area (TPSA) is 24.5 Å². The largest absolute Gasteiger partial charge is 0.379 e. The van der Waals surface area contributed by atoms with Crippen molar-refractivity contribution in [2.75, 3.05) is 33.4 Å². The van der Waals surface area contributed by atoms with Crippen LogP contribution in [0.5, 0.6) is 0 Å². The maximum Gasteiger partial charge on any atom is 0.0623 e. The van der Waals surface area contributed by atoms with Crippen molar-refractivity contribution in [2.45, 2.75) is 38.3 Å². The number of likely N-dealkylation sites (N-methyl/N-ethyl adjacent to an activating group) is 1. The summed E-state index contributed by atoms with van der Waals surface area (Å²) in [5, 5.41) is 3.37. The third-order valence-electron chi connectivity index (χ3n) is 3.98. The van der Waals surface area contributed by atoms with Gasteiger partial charge in [-0.15, -0.1) is 0 Å². The van der Waals surface area contributed by atoms with Gasteiger partial charge in [-0.1, -0.05) is 6.42 Å². The first-order chi connectivity index (χ1) is 7.31. The van der Waals surface area contributed by atoms with E-state index in [1.807, 2.05) is 7.05 Å². The summed E-state index contributed by atoms with van der Waals surface area (Å²) in [4.78, 5) is 2.65. The first kappa shape index (κ1) is 11.4. The van der Waals surface area contributed by atoms with Crippen LogP contribution < -0.4 is 5.32 Å². The van der Waals surface area contributed by atoms with Crippen molar-refractivity contribution in [3.63, 3.8) is 0 Å². The maximum absolute atomic E-state index is 5.55. The molecule has 2 aliphatic heterocycles. The van der Waals surface area contributed by atoms with Gasteiger partial charge in [0.15, 0.2) is 0 Å². The molecule has 3 heteroatoms. The lowest BCUT2D eigenvalue weighted by atomic mass is 9.98. The summed E-state index contributed by atoms with van der Waals surface area (Å²) in [6.45, 7) is 6.70. The highest BCUT2D eigenvalue weighted by Crippen LogP contribution is 2.21. The van der Waals surface area contributed by atoms with Crippen LogP contribution in [-0.2, 0) is 4.74 Å². The maximum atomic E-state index is 5.55. The van der Waals surface area contributed by atoms with Gasteiger partial charge in [0.25, 0.3) is 0 Å². The molecule has 0 amide bonds. The molecule has 0 aromatic heterocycles. The smallest absolute Gasteiger partial charge is 0.0623 e. The van der Waals surface area contributed by atoms with Crippen LogP contribution in [0, 0.1) is 5.92 Å². The lowest BCUT2D eigenvalue weighted by Gasteiger charge is -2.35. The highest BCUT2D eigenvalue weighted by molar-refractivity contribution is 4.85. The molecule has 3 unspecified atom stereocenters. The highest BCUT2D eigenvalue weighted by Gasteiger charge is 2.30. The molecular formula is C12H24N2O. The Morgan fingerprint density at radius 3 is 2.93 bits per heavy atom. The van der Waals surface area contributed by atoms with Crippen LogP contribution in [0.4, 0.5) is 0 Å². The average Bonchev–Trinajstić information content (AvgIpc) is 2.69. The number of rotatable bonds is 3. The molecule has 2 aliphatic rings. The van der Waals surface area contributed by atoms with Crippen molar-refractivity contribution < 1.29 is 4.74 Å². The standard InChI is InChI=1S/C12H24N2O/c1-10-5-3-4-6-14(10)7-11-8-15-9-12(11)13-2/h10-13H,3-9H2,1-2H3. The molecule has 1 N–H and O–H groups in total. The summed E-state index contributed by atoms with van der Waals surface area (Å²) in [6.07, 6.45) is 4.16.